The number of nitrogens with zero attached hydrogens (tertiary/aromatic N) is 7. The molecule has 2 aliphatic rings. The molecule has 0 radical (unpaired) electrons. The predicted octanol–water partition coefficient (Wildman–Crippen LogP) is 6.19. The fourth-order valence-corrected chi connectivity index (χ4v) is 5.80. The molecule has 0 bridgehead atoms. The Morgan fingerprint density at radius 2 is 1.79 bits per heavy atom. The van der Waals surface area contributed by atoms with Gasteiger partial charge in [0.1, 0.15) is 6.33 Å². The lowest BCUT2D eigenvalue weighted by Crippen LogP contribution is -2.49. The number of hydrogen-bond acceptors (Lipinski definition) is 12. The van der Waals surface area contributed by atoms with Gasteiger partial charge in [0.05, 0.1) is 59.7 Å². The molecule has 3 aromatic rings. The molecular weight excluding hydrogens is 751 g/mol. The number of likely N-dealkylation sites (N-methyl/N-ethyl adjacent to an activating group) is 1. The zero-order valence-corrected chi connectivity index (χ0v) is 32.7. The van der Waals surface area contributed by atoms with Crippen molar-refractivity contribution in [1.29, 1.82) is 0 Å². The highest BCUT2D eigenvalue weighted by Gasteiger charge is 2.31. The number of halogens is 4. The summed E-state index contributed by atoms with van der Waals surface area (Å²) in [6.07, 6.45) is -1.57. The first kappa shape index (κ1) is 44.7. The fourth-order valence-electron chi connectivity index (χ4n) is 5.57. The van der Waals surface area contributed by atoms with Crippen LogP contribution in [0.1, 0.15) is 51.8 Å². The molecule has 1 saturated heterocycles. The molecule has 2 aromatic carbocycles. The molecule has 3 N–H and O–H groups in total. The van der Waals surface area contributed by atoms with Gasteiger partial charge in [-0.2, -0.15) is 18.3 Å². The number of alkyl halides is 3. The number of aldehydes is 1. The molecule has 5 rings (SSSR count). The summed E-state index contributed by atoms with van der Waals surface area (Å²) in [4.78, 5) is 39.1. The molecular formula is C39H47ClF3N9O4. The van der Waals surface area contributed by atoms with Gasteiger partial charge in [0.15, 0.2) is 17.7 Å². The Balaban J connectivity index is 0.000000237. The number of allylic oxidation sites excluding steroid dienone is 2. The third-order valence-corrected chi connectivity index (χ3v) is 9.01. The van der Waals surface area contributed by atoms with Crippen molar-refractivity contribution in [2.24, 2.45) is 10.1 Å². The molecule has 1 amide bonds. The average molecular weight is 798 g/mol. The van der Waals surface area contributed by atoms with Crippen LogP contribution in [0.5, 0.6) is 5.75 Å². The zero-order chi connectivity index (χ0) is 41.4. The monoisotopic (exact) mass is 797 g/mol. The number of ether oxygens (including phenoxy) is 1. The third-order valence-electron chi connectivity index (χ3n) is 8.70. The van der Waals surface area contributed by atoms with Crippen LogP contribution in [-0.4, -0.2) is 102 Å². The van der Waals surface area contributed by atoms with E-state index in [4.69, 9.17) is 16.3 Å². The van der Waals surface area contributed by atoms with Crippen molar-refractivity contribution in [3.05, 3.63) is 111 Å². The number of benzene rings is 2. The summed E-state index contributed by atoms with van der Waals surface area (Å²) in [6.45, 7) is 18.5. The Hall–Kier alpha value is -5.70. The summed E-state index contributed by atoms with van der Waals surface area (Å²) < 4.78 is 42.8. The number of piperazine rings is 1. The minimum absolute atomic E-state index is 0.0200. The van der Waals surface area contributed by atoms with Gasteiger partial charge in [0.25, 0.3) is 5.91 Å². The molecule has 0 saturated carbocycles. The summed E-state index contributed by atoms with van der Waals surface area (Å²) >= 11 is 5.83. The Labute approximate surface area is 329 Å². The highest BCUT2D eigenvalue weighted by Crippen LogP contribution is 2.34. The second kappa shape index (κ2) is 21.4. The van der Waals surface area contributed by atoms with E-state index in [0.717, 1.165) is 43.8 Å². The van der Waals surface area contributed by atoms with E-state index in [1.165, 1.54) is 34.1 Å². The van der Waals surface area contributed by atoms with E-state index in [2.05, 4.69) is 74.6 Å². The van der Waals surface area contributed by atoms with Gasteiger partial charge in [0.2, 0.25) is 0 Å². The molecule has 1 aromatic heterocycles. The molecule has 0 spiro atoms. The molecule has 0 atom stereocenters. The minimum Gasteiger partial charge on any atom is -0.504 e. The molecule has 56 heavy (non-hydrogen) atoms. The van der Waals surface area contributed by atoms with E-state index < -0.39 is 11.7 Å². The average Bonchev–Trinajstić information content (AvgIpc) is 3.66. The van der Waals surface area contributed by atoms with Crippen molar-refractivity contribution in [2.45, 2.75) is 46.2 Å². The lowest BCUT2D eigenvalue weighted by Gasteiger charge is -2.36. The Morgan fingerprint density at radius 1 is 1.11 bits per heavy atom. The van der Waals surface area contributed by atoms with Crippen molar-refractivity contribution >= 4 is 42.9 Å². The first-order valence-corrected chi connectivity index (χ1v) is 17.8. The number of aromatic nitrogens is 2. The number of carbonyl (C=O) groups is 2. The summed E-state index contributed by atoms with van der Waals surface area (Å²) in [6, 6.07) is 9.41. The Kier molecular flexibility index (Phi) is 17.1. The van der Waals surface area contributed by atoms with Crippen molar-refractivity contribution in [2.75, 3.05) is 52.1 Å². The van der Waals surface area contributed by atoms with Gasteiger partial charge in [-0.3, -0.25) is 19.6 Å². The minimum atomic E-state index is -4.42. The van der Waals surface area contributed by atoms with Crippen LogP contribution in [0.4, 0.5) is 18.9 Å². The second-order valence-electron chi connectivity index (χ2n) is 12.4. The van der Waals surface area contributed by atoms with Crippen LogP contribution in [0, 0.1) is 6.92 Å². The molecule has 1 fully saturated rings. The van der Waals surface area contributed by atoms with Crippen LogP contribution < -0.4 is 10.6 Å². The largest absolute Gasteiger partial charge is 0.504 e. The number of hydrazone groups is 1. The van der Waals surface area contributed by atoms with E-state index >= 15 is 0 Å². The number of rotatable bonds is 12. The van der Waals surface area contributed by atoms with E-state index in [1.807, 2.05) is 11.8 Å². The molecule has 0 unspecified atom stereocenters. The van der Waals surface area contributed by atoms with Crippen LogP contribution in [0.2, 0.25) is 5.02 Å². The molecule has 0 aliphatic carbocycles. The van der Waals surface area contributed by atoms with Gasteiger partial charge in [-0.25, -0.2) is 9.97 Å². The zero-order valence-electron chi connectivity index (χ0n) is 31.9. The van der Waals surface area contributed by atoms with Crippen LogP contribution in [-0.2, 0) is 35.5 Å². The van der Waals surface area contributed by atoms with E-state index in [9.17, 15) is 27.9 Å². The number of aromatic hydroxyl groups is 1. The summed E-state index contributed by atoms with van der Waals surface area (Å²) in [5.74, 6) is -0.500. The third kappa shape index (κ3) is 12.4. The van der Waals surface area contributed by atoms with Crippen LogP contribution >= 0.6 is 11.6 Å². The number of hydrogen-bond donors (Lipinski definition) is 3. The topological polar surface area (TPSA) is 148 Å². The smallest absolute Gasteiger partial charge is 0.416 e. The number of carbonyl (C=O) groups excluding carboxylic acids is 2. The number of anilines is 1. The molecule has 3 heterocycles. The number of nitrogens with one attached hydrogen (secondary N) is 2. The lowest BCUT2D eigenvalue weighted by atomic mass is 10.1. The Morgan fingerprint density at radius 3 is 2.36 bits per heavy atom. The van der Waals surface area contributed by atoms with Gasteiger partial charge < -0.3 is 30.3 Å². The summed E-state index contributed by atoms with van der Waals surface area (Å²) in [5.41, 5.74) is 8.42. The highest BCUT2D eigenvalue weighted by molar-refractivity contribution is 6.33. The standard InChI is InChI=1S/C16H23N5O3.C13H13ClF3N3.C10H11NO/c1-4-12(17-3)13(9-22)20-5-7-21(8-6-20)16(24)14-15(23)11(2)18-10-19-14;1-4-10(8-20(3)18-2)19-12-6-5-9(7-11(12)14)13(15,16)17;1-11-5-8-2-3-9-6-12-7-10(9)4-8/h9-10,17,23H,4-8H2,1-3H3;5-7,19H,1-2,8H2,3H3;2-4H,1,5-7H2/b13-12+;;. The highest BCUT2D eigenvalue weighted by atomic mass is 35.5. The van der Waals surface area contributed by atoms with E-state index in [0.29, 0.717) is 62.0 Å². The quantitative estimate of drug-likeness (QED) is 0.0637. The molecule has 300 valence electrons. The lowest BCUT2D eigenvalue weighted by molar-refractivity contribution is -0.137. The molecule has 2 aliphatic heterocycles. The first-order valence-electron chi connectivity index (χ1n) is 17.4. The maximum Gasteiger partial charge on any atom is 0.416 e. The Bertz CT molecular complexity index is 1940. The van der Waals surface area contributed by atoms with Crippen molar-refractivity contribution < 1.29 is 32.6 Å². The maximum absolute atomic E-state index is 12.5. The predicted molar refractivity (Wildman–Crippen MR) is 211 cm³/mol. The molecule has 13 nitrogen and oxygen atoms in total. The second-order valence-corrected chi connectivity index (χ2v) is 12.8. The fraction of sp³-hybridized carbons (Fsp3) is 0.359. The van der Waals surface area contributed by atoms with Gasteiger partial charge in [-0.15, -0.1) is 5.73 Å². The molecule has 17 heteroatoms. The van der Waals surface area contributed by atoms with E-state index in [-0.39, 0.29) is 22.4 Å². The van der Waals surface area contributed by atoms with Gasteiger partial charge in [-0.05, 0) is 55.0 Å². The summed E-state index contributed by atoms with van der Waals surface area (Å²) in [5, 5.41) is 21.0. The van der Waals surface area contributed by atoms with Crippen molar-refractivity contribution in [1.82, 2.24) is 30.1 Å². The van der Waals surface area contributed by atoms with E-state index in [1.54, 1.807) is 25.9 Å². The summed E-state index contributed by atoms with van der Waals surface area (Å²) in [7, 11) is 3.47. The van der Waals surface area contributed by atoms with Crippen molar-refractivity contribution in [3.63, 3.8) is 0 Å². The maximum atomic E-state index is 12.5. The van der Waals surface area contributed by atoms with Gasteiger partial charge in [-0.1, -0.05) is 43.3 Å². The normalized spacial score (nSPS) is 13.6. The SMILES string of the molecule is C=C=C(CN(C)N=C)Nc1ccc(C(F)(F)F)cc1Cl.C=NCc1ccc2c(c1)COC2.CC/C(NC)=C(/C=O)N1CCN(C(=O)c2ncnc(C)c2O)CC1. The van der Waals surface area contributed by atoms with Gasteiger partial charge >= 0.3 is 6.18 Å². The first-order chi connectivity index (χ1) is 26.7. The van der Waals surface area contributed by atoms with Crippen molar-refractivity contribution in [3.8, 4) is 5.75 Å². The van der Waals surface area contributed by atoms with Gasteiger partial charge in [0, 0.05) is 52.7 Å². The van der Waals surface area contributed by atoms with Crippen LogP contribution in [0.25, 0.3) is 0 Å². The van der Waals surface area contributed by atoms with Crippen LogP contribution in [0.15, 0.2) is 82.2 Å². The van der Waals surface area contributed by atoms with Crippen LogP contribution in [0.3, 0.4) is 0 Å². The number of aliphatic imine (C=N–C) groups is 1. The number of amides is 1. The number of aryl methyl sites for hydroxylation is 1. The number of fused-ring (bicyclic) bond motifs is 1.